The molecule has 1 aliphatic heterocycles. The summed E-state index contributed by atoms with van der Waals surface area (Å²) in [5.41, 5.74) is 14.5. The number of aliphatic hydroxyl groups excluding tert-OH is 1. The molecule has 0 bridgehead atoms. The van der Waals surface area contributed by atoms with Crippen LogP contribution in [0.2, 0.25) is 0 Å². The number of benzene rings is 5. The molecule has 1 aliphatic rings. The Hall–Kier alpha value is -5.77. The van der Waals surface area contributed by atoms with Crippen LogP contribution in [-0.4, -0.2) is 85.6 Å². The van der Waals surface area contributed by atoms with Crippen molar-refractivity contribution in [3.05, 3.63) is 190 Å². The van der Waals surface area contributed by atoms with E-state index in [2.05, 4.69) is 10.0 Å². The largest absolute Gasteiger partial charge is 0.463 e. The second kappa shape index (κ2) is 26.9. The molecule has 0 radical (unpaired) electrons. The third-order valence-electron chi connectivity index (χ3n) is 10.7. The number of azide groups is 1. The average molecular weight is 888 g/mol. The fourth-order valence-electron chi connectivity index (χ4n) is 7.25. The lowest BCUT2D eigenvalue weighted by Crippen LogP contribution is -2.62. The van der Waals surface area contributed by atoms with Gasteiger partial charge in [-0.1, -0.05) is 157 Å². The molecule has 1 N–H and O–H groups in total. The van der Waals surface area contributed by atoms with E-state index in [4.69, 9.17) is 37.9 Å². The number of ketones is 1. The quantitative estimate of drug-likeness (QED) is 0.0233. The Labute approximate surface area is 379 Å². The SMILES string of the molecule is CC(=O)CCC(=O)OC[C@H](OCc1ccccc1)[C@H](O[C@@H]1O[C@H](COCc2ccccc2)[C@@H](OCc2ccccc2)[C@H](OCc2ccccc2)[C@H]1N=[N+]=[N-])[C@@H](CO)OCc1ccccc1. The molecule has 0 aromatic heterocycles. The van der Waals surface area contributed by atoms with Gasteiger partial charge in [0, 0.05) is 11.3 Å². The van der Waals surface area contributed by atoms with Gasteiger partial charge in [0.1, 0.15) is 55.1 Å². The Bertz CT molecular complexity index is 2170. The maximum atomic E-state index is 13.0. The zero-order chi connectivity index (χ0) is 45.5. The smallest absolute Gasteiger partial charge is 0.306 e. The summed E-state index contributed by atoms with van der Waals surface area (Å²) in [6.45, 7) is 1.22. The molecule has 14 nitrogen and oxygen atoms in total. The van der Waals surface area contributed by atoms with Gasteiger partial charge in [-0.05, 0) is 40.3 Å². The van der Waals surface area contributed by atoms with Gasteiger partial charge in [0.25, 0.3) is 0 Å². The van der Waals surface area contributed by atoms with E-state index < -0.39 is 61.5 Å². The Morgan fingerprint density at radius 1 is 0.646 bits per heavy atom. The molecule has 0 spiro atoms. The number of carbonyl (C=O) groups excluding carboxylic acids is 2. The van der Waals surface area contributed by atoms with E-state index in [9.17, 15) is 20.2 Å². The van der Waals surface area contributed by atoms with Crippen LogP contribution in [0.3, 0.4) is 0 Å². The standard InChI is InChI=1S/C51H57N3O11/c1-37(56)27-28-46(57)61-36-44(60-32-40-21-11-4-12-22-40)48(43(29-55)59-31-39-19-9-3-10-20-39)65-51-47(53-54-52)50(63-34-42-25-15-6-16-26-42)49(62-33-41-23-13-5-14-24-41)45(64-51)35-58-30-38-17-7-2-8-18-38/h2-26,43-45,47-51,55H,27-36H2,1H3/t43-,44+,45-,47-,48-,49-,50-,51+/m1/s1. The molecular formula is C51H57N3O11. The number of carbonyl (C=O) groups is 2. The summed E-state index contributed by atoms with van der Waals surface area (Å²) in [6, 6.07) is 46.5. The van der Waals surface area contributed by atoms with Crippen molar-refractivity contribution in [1.29, 1.82) is 0 Å². The van der Waals surface area contributed by atoms with Gasteiger partial charge < -0.3 is 47.8 Å². The highest BCUT2D eigenvalue weighted by atomic mass is 16.7. The fraction of sp³-hybridized carbons (Fsp3) is 0.373. The number of rotatable bonds is 27. The molecule has 6 rings (SSSR count). The molecule has 8 atom stereocenters. The summed E-state index contributed by atoms with van der Waals surface area (Å²) >= 11 is 0. The fourth-order valence-corrected chi connectivity index (χ4v) is 7.25. The van der Waals surface area contributed by atoms with E-state index in [0.29, 0.717) is 0 Å². The van der Waals surface area contributed by atoms with E-state index in [0.717, 1.165) is 27.8 Å². The van der Waals surface area contributed by atoms with Crippen LogP contribution in [0.25, 0.3) is 10.4 Å². The Morgan fingerprint density at radius 2 is 1.11 bits per heavy atom. The number of esters is 1. The molecule has 14 heteroatoms. The Morgan fingerprint density at radius 3 is 1.58 bits per heavy atom. The van der Waals surface area contributed by atoms with Crippen molar-refractivity contribution in [2.45, 2.75) is 102 Å². The van der Waals surface area contributed by atoms with Crippen LogP contribution in [0.15, 0.2) is 157 Å². The van der Waals surface area contributed by atoms with Crippen LogP contribution in [0.4, 0.5) is 0 Å². The number of nitrogens with zero attached hydrogens (tertiary/aromatic N) is 3. The highest BCUT2D eigenvalue weighted by molar-refractivity contribution is 5.80. The molecule has 0 unspecified atom stereocenters. The van der Waals surface area contributed by atoms with Gasteiger partial charge in [0.05, 0.1) is 52.7 Å². The van der Waals surface area contributed by atoms with Crippen LogP contribution in [0.1, 0.15) is 47.6 Å². The van der Waals surface area contributed by atoms with Crippen molar-refractivity contribution in [2.24, 2.45) is 5.11 Å². The van der Waals surface area contributed by atoms with Crippen molar-refractivity contribution >= 4 is 11.8 Å². The summed E-state index contributed by atoms with van der Waals surface area (Å²) in [4.78, 5) is 28.0. The predicted molar refractivity (Wildman–Crippen MR) is 241 cm³/mol. The summed E-state index contributed by atoms with van der Waals surface area (Å²) in [5.74, 6) is -0.784. The molecule has 0 aliphatic carbocycles. The maximum Gasteiger partial charge on any atom is 0.306 e. The second-order valence-corrected chi connectivity index (χ2v) is 15.6. The molecule has 5 aromatic rings. The predicted octanol–water partition coefficient (Wildman–Crippen LogP) is 8.24. The second-order valence-electron chi connectivity index (χ2n) is 15.6. The van der Waals surface area contributed by atoms with Crippen LogP contribution in [0, 0.1) is 0 Å². The summed E-state index contributed by atoms with van der Waals surface area (Å²) < 4.78 is 52.1. The molecule has 1 heterocycles. The number of hydrogen-bond donors (Lipinski definition) is 1. The first kappa shape index (κ1) is 48.7. The van der Waals surface area contributed by atoms with Gasteiger partial charge in [-0.2, -0.15) is 0 Å². The van der Waals surface area contributed by atoms with Gasteiger partial charge in [-0.15, -0.1) is 0 Å². The minimum atomic E-state index is -1.37. The number of hydrogen-bond acceptors (Lipinski definition) is 12. The molecule has 1 saturated heterocycles. The van der Waals surface area contributed by atoms with Gasteiger partial charge in [0.15, 0.2) is 6.29 Å². The number of ether oxygens (including phenoxy) is 8. The van der Waals surface area contributed by atoms with Crippen LogP contribution in [-0.2, 0) is 80.5 Å². The van der Waals surface area contributed by atoms with Crippen molar-refractivity contribution in [2.75, 3.05) is 19.8 Å². The normalized spacial score (nSPS) is 19.6. The van der Waals surface area contributed by atoms with E-state index in [1.807, 2.05) is 152 Å². The average Bonchev–Trinajstić information content (AvgIpc) is 3.34. The van der Waals surface area contributed by atoms with Gasteiger partial charge in [-0.25, -0.2) is 0 Å². The first-order valence-electron chi connectivity index (χ1n) is 21.7. The van der Waals surface area contributed by atoms with Gasteiger partial charge in [-0.3, -0.25) is 4.79 Å². The molecule has 0 amide bonds. The molecule has 0 saturated carbocycles. The highest BCUT2D eigenvalue weighted by Crippen LogP contribution is 2.33. The van der Waals surface area contributed by atoms with E-state index in [-0.39, 0.29) is 64.9 Å². The first-order chi connectivity index (χ1) is 31.9. The molecule has 5 aromatic carbocycles. The van der Waals surface area contributed by atoms with Crippen molar-refractivity contribution in [3.8, 4) is 0 Å². The lowest BCUT2D eigenvalue weighted by atomic mass is 9.96. The van der Waals surface area contributed by atoms with Crippen LogP contribution >= 0.6 is 0 Å². The third-order valence-corrected chi connectivity index (χ3v) is 10.7. The van der Waals surface area contributed by atoms with Crippen molar-refractivity contribution < 1.29 is 52.6 Å². The van der Waals surface area contributed by atoms with Gasteiger partial charge in [0.2, 0.25) is 0 Å². The zero-order valence-electron chi connectivity index (χ0n) is 36.5. The summed E-state index contributed by atoms with van der Waals surface area (Å²) in [5, 5.41) is 15.3. The minimum absolute atomic E-state index is 0.00310. The van der Waals surface area contributed by atoms with E-state index in [1.165, 1.54) is 6.92 Å². The minimum Gasteiger partial charge on any atom is -0.463 e. The molecular weight excluding hydrogens is 831 g/mol. The van der Waals surface area contributed by atoms with Crippen LogP contribution in [0.5, 0.6) is 0 Å². The zero-order valence-corrected chi connectivity index (χ0v) is 36.5. The molecule has 65 heavy (non-hydrogen) atoms. The highest BCUT2D eigenvalue weighted by Gasteiger charge is 2.50. The summed E-state index contributed by atoms with van der Waals surface area (Å²) in [7, 11) is 0. The Balaban J connectivity index is 1.38. The molecule has 342 valence electrons. The number of Topliss-reactive ketones (excluding diaryl/α,β-unsaturated/α-hetero) is 1. The Kier molecular flexibility index (Phi) is 20.1. The third kappa shape index (κ3) is 16.0. The maximum absolute atomic E-state index is 13.0. The van der Waals surface area contributed by atoms with Gasteiger partial charge >= 0.3 is 5.97 Å². The number of aliphatic hydroxyl groups is 1. The van der Waals surface area contributed by atoms with E-state index in [1.54, 1.807) is 0 Å². The van der Waals surface area contributed by atoms with Crippen molar-refractivity contribution in [3.63, 3.8) is 0 Å². The van der Waals surface area contributed by atoms with Crippen LogP contribution < -0.4 is 0 Å². The first-order valence-corrected chi connectivity index (χ1v) is 21.7. The van der Waals surface area contributed by atoms with E-state index >= 15 is 0 Å². The molecule has 1 fully saturated rings. The summed E-state index contributed by atoms with van der Waals surface area (Å²) in [6.07, 6.45) is -7.60. The topological polar surface area (TPSA) is 177 Å². The lowest BCUT2D eigenvalue weighted by Gasteiger charge is -2.46. The van der Waals surface area contributed by atoms with Crippen molar-refractivity contribution in [1.82, 2.24) is 0 Å². The lowest BCUT2D eigenvalue weighted by molar-refractivity contribution is -0.314. The monoisotopic (exact) mass is 887 g/mol.